The summed E-state index contributed by atoms with van der Waals surface area (Å²) >= 11 is 0. The lowest BCUT2D eigenvalue weighted by atomic mass is 10.0. The molecule has 2 rings (SSSR count). The third-order valence-electron chi connectivity index (χ3n) is 3.51. The zero-order valence-electron chi connectivity index (χ0n) is 10.0. The molecule has 1 aliphatic heterocycles. The summed E-state index contributed by atoms with van der Waals surface area (Å²) in [5.74, 6) is -0.0287. The molecule has 0 bridgehead atoms. The predicted molar refractivity (Wildman–Crippen MR) is 63.1 cm³/mol. The van der Waals surface area contributed by atoms with Gasteiger partial charge in [0.1, 0.15) is 6.04 Å². The van der Waals surface area contributed by atoms with Gasteiger partial charge in [-0.25, -0.2) is 0 Å². The van der Waals surface area contributed by atoms with Crippen molar-refractivity contribution in [2.24, 2.45) is 0 Å². The lowest BCUT2D eigenvalue weighted by molar-refractivity contribution is -0.149. The van der Waals surface area contributed by atoms with Crippen molar-refractivity contribution in [3.8, 4) is 0 Å². The average molecular weight is 223 g/mol. The van der Waals surface area contributed by atoms with Crippen molar-refractivity contribution in [3.05, 3.63) is 12.2 Å². The summed E-state index contributed by atoms with van der Waals surface area (Å²) in [6.45, 7) is 3.40. The highest BCUT2D eigenvalue weighted by atomic mass is 16.5. The Morgan fingerprint density at radius 2 is 2.31 bits per heavy atom. The molecule has 2 atom stereocenters. The van der Waals surface area contributed by atoms with Gasteiger partial charge in [-0.3, -0.25) is 9.69 Å². The van der Waals surface area contributed by atoms with Crippen LogP contribution in [0, 0.1) is 0 Å². The van der Waals surface area contributed by atoms with E-state index in [0.29, 0.717) is 12.6 Å². The maximum absolute atomic E-state index is 11.8. The highest BCUT2D eigenvalue weighted by molar-refractivity contribution is 5.76. The molecular weight excluding hydrogens is 202 g/mol. The molecular formula is C13H21NO2. The summed E-state index contributed by atoms with van der Waals surface area (Å²) in [6, 6.07) is 0.471. The quantitative estimate of drug-likeness (QED) is 0.542. The molecule has 0 aromatic rings. The molecule has 0 saturated carbocycles. The molecule has 3 heteroatoms. The molecule has 2 unspecified atom stereocenters. The van der Waals surface area contributed by atoms with Crippen LogP contribution in [0.15, 0.2) is 12.2 Å². The van der Waals surface area contributed by atoms with Crippen LogP contribution >= 0.6 is 0 Å². The van der Waals surface area contributed by atoms with Crippen molar-refractivity contribution < 1.29 is 9.53 Å². The Kier molecular flexibility index (Phi) is 3.99. The van der Waals surface area contributed by atoms with Crippen LogP contribution in [-0.2, 0) is 9.53 Å². The van der Waals surface area contributed by atoms with Gasteiger partial charge >= 0.3 is 5.97 Å². The fourth-order valence-electron chi connectivity index (χ4n) is 2.75. The Labute approximate surface area is 97.5 Å². The molecule has 3 nitrogen and oxygen atoms in total. The van der Waals surface area contributed by atoms with Crippen LogP contribution in [0.5, 0.6) is 0 Å². The molecule has 0 N–H and O–H groups in total. The lowest BCUT2D eigenvalue weighted by Crippen LogP contribution is -2.43. The highest BCUT2D eigenvalue weighted by Crippen LogP contribution is 2.26. The Bertz CT molecular complexity index is 275. The Balaban J connectivity index is 1.99. The number of hydrogen-bond donors (Lipinski definition) is 0. The number of likely N-dealkylation sites (tertiary alicyclic amines) is 1. The van der Waals surface area contributed by atoms with E-state index in [1.54, 1.807) is 0 Å². The monoisotopic (exact) mass is 223 g/mol. The number of carbonyl (C=O) groups excluding carboxylic acids is 1. The van der Waals surface area contributed by atoms with Crippen molar-refractivity contribution in [1.82, 2.24) is 4.90 Å². The first-order chi connectivity index (χ1) is 7.83. The molecule has 0 radical (unpaired) electrons. The van der Waals surface area contributed by atoms with E-state index in [-0.39, 0.29) is 12.0 Å². The van der Waals surface area contributed by atoms with Crippen LogP contribution < -0.4 is 0 Å². The van der Waals surface area contributed by atoms with E-state index in [0.717, 1.165) is 19.4 Å². The summed E-state index contributed by atoms with van der Waals surface area (Å²) in [5, 5.41) is 0. The minimum atomic E-state index is -0.0287. The first-order valence-corrected chi connectivity index (χ1v) is 6.42. The van der Waals surface area contributed by atoms with Crippen LogP contribution in [0.2, 0.25) is 0 Å². The van der Waals surface area contributed by atoms with Crippen LogP contribution in [0.25, 0.3) is 0 Å². The summed E-state index contributed by atoms with van der Waals surface area (Å²) < 4.78 is 5.14. The maximum atomic E-state index is 11.8. The van der Waals surface area contributed by atoms with Crippen LogP contribution in [-0.4, -0.2) is 36.1 Å². The van der Waals surface area contributed by atoms with E-state index in [4.69, 9.17) is 4.74 Å². The van der Waals surface area contributed by atoms with Crippen molar-refractivity contribution in [1.29, 1.82) is 0 Å². The second-order valence-electron chi connectivity index (χ2n) is 4.57. The van der Waals surface area contributed by atoms with E-state index in [1.807, 2.05) is 6.92 Å². The van der Waals surface area contributed by atoms with E-state index in [2.05, 4.69) is 17.1 Å². The fraction of sp³-hybridized carbons (Fsp3) is 0.769. The Morgan fingerprint density at radius 1 is 1.44 bits per heavy atom. The number of nitrogens with zero attached hydrogens (tertiary/aromatic N) is 1. The lowest BCUT2D eigenvalue weighted by Gasteiger charge is -2.31. The topological polar surface area (TPSA) is 29.5 Å². The van der Waals surface area contributed by atoms with Gasteiger partial charge in [-0.05, 0) is 45.6 Å². The molecule has 0 amide bonds. The average Bonchev–Trinajstić information content (AvgIpc) is 2.79. The van der Waals surface area contributed by atoms with Gasteiger partial charge in [0, 0.05) is 6.04 Å². The standard InChI is InChI=1S/C13H21NO2/c1-2-16-13(15)12-9-6-10-14(12)11-7-4-3-5-8-11/h4,7,11-12H,2-3,5-6,8-10H2,1H3. The van der Waals surface area contributed by atoms with E-state index in [9.17, 15) is 4.79 Å². The second-order valence-corrected chi connectivity index (χ2v) is 4.57. The largest absolute Gasteiger partial charge is 0.465 e. The smallest absolute Gasteiger partial charge is 0.323 e. The molecule has 90 valence electrons. The Morgan fingerprint density at radius 3 is 3.00 bits per heavy atom. The molecule has 0 aromatic carbocycles. The van der Waals surface area contributed by atoms with Crippen LogP contribution in [0.3, 0.4) is 0 Å². The first-order valence-electron chi connectivity index (χ1n) is 6.42. The number of ether oxygens (including phenoxy) is 1. The van der Waals surface area contributed by atoms with Gasteiger partial charge in [-0.15, -0.1) is 0 Å². The fourth-order valence-corrected chi connectivity index (χ4v) is 2.75. The molecule has 1 heterocycles. The molecule has 1 aliphatic carbocycles. The van der Waals surface area contributed by atoms with Gasteiger partial charge < -0.3 is 4.74 Å². The van der Waals surface area contributed by atoms with E-state index < -0.39 is 0 Å². The third kappa shape index (κ3) is 2.46. The van der Waals surface area contributed by atoms with Gasteiger partial charge in [0.15, 0.2) is 0 Å². The normalized spacial score (nSPS) is 30.6. The van der Waals surface area contributed by atoms with Crippen molar-refractivity contribution in [2.45, 2.75) is 51.1 Å². The zero-order valence-corrected chi connectivity index (χ0v) is 10.0. The Hall–Kier alpha value is -0.830. The summed E-state index contributed by atoms with van der Waals surface area (Å²) in [6.07, 6.45) is 10.2. The van der Waals surface area contributed by atoms with Gasteiger partial charge in [-0.2, -0.15) is 0 Å². The van der Waals surface area contributed by atoms with E-state index >= 15 is 0 Å². The number of allylic oxidation sites excluding steroid dienone is 1. The number of carbonyl (C=O) groups is 1. The minimum Gasteiger partial charge on any atom is -0.465 e. The molecule has 0 aromatic heterocycles. The number of rotatable bonds is 3. The summed E-state index contributed by atoms with van der Waals surface area (Å²) in [4.78, 5) is 14.1. The molecule has 1 fully saturated rings. The van der Waals surface area contributed by atoms with Crippen molar-refractivity contribution in [3.63, 3.8) is 0 Å². The van der Waals surface area contributed by atoms with Crippen LogP contribution in [0.1, 0.15) is 39.0 Å². The predicted octanol–water partition coefficient (Wildman–Crippen LogP) is 2.12. The van der Waals surface area contributed by atoms with Gasteiger partial charge in [0.2, 0.25) is 0 Å². The SMILES string of the molecule is CCOC(=O)C1CCCN1C1C=CCCC1. The van der Waals surface area contributed by atoms with Gasteiger partial charge in [0.05, 0.1) is 6.61 Å². The molecule has 0 spiro atoms. The zero-order chi connectivity index (χ0) is 11.4. The maximum Gasteiger partial charge on any atom is 0.323 e. The third-order valence-corrected chi connectivity index (χ3v) is 3.51. The minimum absolute atomic E-state index is 0.00713. The summed E-state index contributed by atoms with van der Waals surface area (Å²) in [5.41, 5.74) is 0. The summed E-state index contributed by atoms with van der Waals surface area (Å²) in [7, 11) is 0. The van der Waals surface area contributed by atoms with Crippen molar-refractivity contribution >= 4 is 5.97 Å². The van der Waals surface area contributed by atoms with Gasteiger partial charge in [0.25, 0.3) is 0 Å². The number of esters is 1. The highest BCUT2D eigenvalue weighted by Gasteiger charge is 2.35. The van der Waals surface area contributed by atoms with Crippen LogP contribution in [0.4, 0.5) is 0 Å². The molecule has 16 heavy (non-hydrogen) atoms. The van der Waals surface area contributed by atoms with E-state index in [1.165, 1.54) is 19.3 Å². The molecule has 1 saturated heterocycles. The van der Waals surface area contributed by atoms with Gasteiger partial charge in [-0.1, -0.05) is 12.2 Å². The second kappa shape index (κ2) is 5.48. The number of hydrogen-bond acceptors (Lipinski definition) is 3. The van der Waals surface area contributed by atoms with Crippen molar-refractivity contribution in [2.75, 3.05) is 13.2 Å². The first kappa shape index (κ1) is 11.6. The molecule has 2 aliphatic rings.